The number of halogens is 1. The Bertz CT molecular complexity index is 493. The van der Waals surface area contributed by atoms with Crippen LogP contribution >= 0.6 is 0 Å². The van der Waals surface area contributed by atoms with Crippen LogP contribution < -0.4 is 11.2 Å². The first kappa shape index (κ1) is 12.9. The van der Waals surface area contributed by atoms with E-state index in [2.05, 4.69) is 4.98 Å². The molecule has 1 saturated heterocycles. The van der Waals surface area contributed by atoms with E-state index in [-0.39, 0.29) is 12.2 Å². The SMILES string of the molecule is Cc1cn([C@H]2C[C@H](F)[C@@H](CO)O2)c(=O)nc1NO. The number of aromatic nitrogens is 2. The lowest BCUT2D eigenvalue weighted by atomic mass is 10.2. The number of rotatable bonds is 3. The van der Waals surface area contributed by atoms with Gasteiger partial charge < -0.3 is 9.84 Å². The first-order valence-corrected chi connectivity index (χ1v) is 5.47. The number of aliphatic hydroxyl groups excluding tert-OH is 1. The third-order valence-corrected chi connectivity index (χ3v) is 2.89. The van der Waals surface area contributed by atoms with Gasteiger partial charge in [-0.1, -0.05) is 0 Å². The van der Waals surface area contributed by atoms with Crippen LogP contribution in [0.2, 0.25) is 0 Å². The van der Waals surface area contributed by atoms with Crippen LogP contribution in [0.15, 0.2) is 11.0 Å². The van der Waals surface area contributed by atoms with Crippen molar-refractivity contribution in [1.29, 1.82) is 0 Å². The number of aryl methyl sites for hydroxylation is 1. The predicted octanol–water partition coefficient (Wildman–Crippen LogP) is -0.0293. The highest BCUT2D eigenvalue weighted by atomic mass is 19.1. The van der Waals surface area contributed by atoms with Gasteiger partial charge in [-0.3, -0.25) is 15.3 Å². The number of alkyl halides is 1. The van der Waals surface area contributed by atoms with Gasteiger partial charge in [-0.25, -0.2) is 9.18 Å². The molecule has 0 amide bonds. The summed E-state index contributed by atoms with van der Waals surface area (Å²) < 4.78 is 19.8. The lowest BCUT2D eigenvalue weighted by Crippen LogP contribution is -2.28. The zero-order valence-corrected chi connectivity index (χ0v) is 9.71. The van der Waals surface area contributed by atoms with E-state index in [4.69, 9.17) is 15.1 Å². The molecular weight excluding hydrogens is 245 g/mol. The Hall–Kier alpha value is -1.51. The summed E-state index contributed by atoms with van der Waals surface area (Å²) in [5, 5.41) is 17.6. The van der Waals surface area contributed by atoms with Crippen LogP contribution in [0.25, 0.3) is 0 Å². The van der Waals surface area contributed by atoms with Crippen LogP contribution in [0.1, 0.15) is 18.2 Å². The fourth-order valence-corrected chi connectivity index (χ4v) is 1.91. The zero-order valence-electron chi connectivity index (χ0n) is 9.71. The standard InChI is InChI=1S/C10H14FN3O4/c1-5-3-14(10(16)12-9(5)13-17)8-2-6(11)7(4-15)18-8/h3,6-8,15,17H,2,4H2,1H3,(H,12,13,16)/t6-,7+,8+/m0/s1. The molecule has 8 heteroatoms. The van der Waals surface area contributed by atoms with Crippen LogP contribution in [-0.2, 0) is 4.74 Å². The molecule has 1 fully saturated rings. The minimum Gasteiger partial charge on any atom is -0.394 e. The van der Waals surface area contributed by atoms with Crippen LogP contribution in [-0.4, -0.2) is 38.7 Å². The number of ether oxygens (including phenoxy) is 1. The number of hydrogen-bond donors (Lipinski definition) is 3. The molecule has 100 valence electrons. The molecular formula is C10H14FN3O4. The summed E-state index contributed by atoms with van der Waals surface area (Å²) in [6, 6.07) is 0. The first-order valence-electron chi connectivity index (χ1n) is 5.47. The summed E-state index contributed by atoms with van der Waals surface area (Å²) >= 11 is 0. The second kappa shape index (κ2) is 5.01. The van der Waals surface area contributed by atoms with Gasteiger partial charge >= 0.3 is 5.69 Å². The maximum absolute atomic E-state index is 13.4. The monoisotopic (exact) mass is 259 g/mol. The number of aliphatic hydroxyl groups is 1. The average molecular weight is 259 g/mol. The quantitative estimate of drug-likeness (QED) is 0.660. The lowest BCUT2D eigenvalue weighted by molar-refractivity contribution is -0.0356. The second-order valence-corrected chi connectivity index (χ2v) is 4.14. The van der Waals surface area contributed by atoms with Gasteiger partial charge in [0.15, 0.2) is 5.82 Å². The van der Waals surface area contributed by atoms with Crippen LogP contribution in [0.4, 0.5) is 10.2 Å². The van der Waals surface area contributed by atoms with Gasteiger partial charge in [0.1, 0.15) is 18.5 Å². The Kier molecular flexibility index (Phi) is 3.60. The molecule has 3 N–H and O–H groups in total. The van der Waals surface area contributed by atoms with Gasteiger partial charge in [-0.15, -0.1) is 0 Å². The van der Waals surface area contributed by atoms with E-state index in [0.29, 0.717) is 5.56 Å². The molecule has 1 aliphatic rings. The lowest BCUT2D eigenvalue weighted by Gasteiger charge is -2.15. The Morgan fingerprint density at radius 2 is 2.44 bits per heavy atom. The maximum Gasteiger partial charge on any atom is 0.351 e. The Labute approximate surface area is 102 Å². The molecule has 0 unspecified atom stereocenters. The van der Waals surface area contributed by atoms with Crippen LogP contribution in [0.3, 0.4) is 0 Å². The van der Waals surface area contributed by atoms with E-state index in [1.54, 1.807) is 12.4 Å². The molecule has 3 atom stereocenters. The van der Waals surface area contributed by atoms with E-state index >= 15 is 0 Å². The molecule has 0 spiro atoms. The van der Waals surface area contributed by atoms with Crippen molar-refractivity contribution in [2.24, 2.45) is 0 Å². The van der Waals surface area contributed by atoms with Crippen molar-refractivity contribution < 1.29 is 19.4 Å². The van der Waals surface area contributed by atoms with Crippen molar-refractivity contribution in [3.05, 3.63) is 22.2 Å². The van der Waals surface area contributed by atoms with Gasteiger partial charge in [0.05, 0.1) is 6.61 Å². The molecule has 2 heterocycles. The van der Waals surface area contributed by atoms with Crippen molar-refractivity contribution in [3.8, 4) is 0 Å². The fourth-order valence-electron chi connectivity index (χ4n) is 1.91. The molecule has 18 heavy (non-hydrogen) atoms. The van der Waals surface area contributed by atoms with Gasteiger partial charge in [-0.05, 0) is 6.92 Å². The third-order valence-electron chi connectivity index (χ3n) is 2.89. The smallest absolute Gasteiger partial charge is 0.351 e. The summed E-state index contributed by atoms with van der Waals surface area (Å²) in [6.45, 7) is 1.20. The molecule has 1 aromatic rings. The fraction of sp³-hybridized carbons (Fsp3) is 0.600. The highest BCUT2D eigenvalue weighted by molar-refractivity contribution is 5.38. The largest absolute Gasteiger partial charge is 0.394 e. The molecule has 0 saturated carbocycles. The van der Waals surface area contributed by atoms with E-state index in [9.17, 15) is 9.18 Å². The zero-order chi connectivity index (χ0) is 13.3. The summed E-state index contributed by atoms with van der Waals surface area (Å²) in [6.07, 6.45) is -1.62. The highest BCUT2D eigenvalue weighted by Gasteiger charge is 2.36. The first-order chi connectivity index (χ1) is 8.56. The van der Waals surface area contributed by atoms with Gasteiger partial charge in [0, 0.05) is 18.2 Å². The van der Waals surface area contributed by atoms with E-state index in [1.807, 2.05) is 0 Å². The van der Waals surface area contributed by atoms with Crippen molar-refractivity contribution in [2.45, 2.75) is 31.8 Å². The number of nitrogens with zero attached hydrogens (tertiary/aromatic N) is 2. The number of nitrogens with one attached hydrogen (secondary N) is 1. The maximum atomic E-state index is 13.4. The Morgan fingerprint density at radius 3 is 3.00 bits per heavy atom. The molecule has 0 bridgehead atoms. The minimum absolute atomic E-state index is 0.0157. The summed E-state index contributed by atoms with van der Waals surface area (Å²) in [4.78, 5) is 15.3. The molecule has 0 aliphatic carbocycles. The molecule has 0 radical (unpaired) electrons. The minimum atomic E-state index is -1.32. The Balaban J connectivity index is 2.30. The van der Waals surface area contributed by atoms with Crippen molar-refractivity contribution in [3.63, 3.8) is 0 Å². The second-order valence-electron chi connectivity index (χ2n) is 4.14. The van der Waals surface area contributed by atoms with Crippen molar-refractivity contribution >= 4 is 5.82 Å². The summed E-state index contributed by atoms with van der Waals surface area (Å²) in [7, 11) is 0. The van der Waals surface area contributed by atoms with Crippen LogP contribution in [0, 0.1) is 6.92 Å². The molecule has 2 rings (SSSR count). The predicted molar refractivity (Wildman–Crippen MR) is 59.2 cm³/mol. The van der Waals surface area contributed by atoms with E-state index < -0.39 is 30.8 Å². The van der Waals surface area contributed by atoms with Crippen molar-refractivity contribution in [2.75, 3.05) is 12.1 Å². The van der Waals surface area contributed by atoms with E-state index in [0.717, 1.165) is 4.57 Å². The van der Waals surface area contributed by atoms with E-state index in [1.165, 1.54) is 6.20 Å². The molecule has 7 nitrogen and oxygen atoms in total. The average Bonchev–Trinajstić information content (AvgIpc) is 2.72. The highest BCUT2D eigenvalue weighted by Crippen LogP contribution is 2.29. The van der Waals surface area contributed by atoms with Crippen LogP contribution in [0.5, 0.6) is 0 Å². The normalized spacial score (nSPS) is 27.4. The molecule has 1 aliphatic heterocycles. The summed E-state index contributed by atoms with van der Waals surface area (Å²) in [5.74, 6) is 0.0461. The summed E-state index contributed by atoms with van der Waals surface area (Å²) in [5.41, 5.74) is 1.66. The third kappa shape index (κ3) is 2.22. The molecule has 0 aromatic carbocycles. The van der Waals surface area contributed by atoms with Crippen molar-refractivity contribution in [1.82, 2.24) is 9.55 Å². The number of anilines is 1. The van der Waals surface area contributed by atoms with Gasteiger partial charge in [0.2, 0.25) is 0 Å². The van der Waals surface area contributed by atoms with Gasteiger partial charge in [0.25, 0.3) is 0 Å². The topological polar surface area (TPSA) is 96.6 Å². The Morgan fingerprint density at radius 1 is 1.72 bits per heavy atom. The molecule has 1 aromatic heterocycles. The number of hydrogen-bond acceptors (Lipinski definition) is 6. The van der Waals surface area contributed by atoms with Gasteiger partial charge in [-0.2, -0.15) is 4.98 Å².